The predicted octanol–water partition coefficient (Wildman–Crippen LogP) is 4.83. The van der Waals surface area contributed by atoms with Gasteiger partial charge in [-0.1, -0.05) is 43.2 Å². The second-order valence-corrected chi connectivity index (χ2v) is 7.89. The highest BCUT2D eigenvalue weighted by atomic mass is 19.1. The van der Waals surface area contributed by atoms with Crippen molar-refractivity contribution in [3.05, 3.63) is 59.4 Å². The van der Waals surface area contributed by atoms with E-state index in [0.29, 0.717) is 25.3 Å². The molecule has 0 spiro atoms. The summed E-state index contributed by atoms with van der Waals surface area (Å²) in [4.78, 5) is 24.6. The summed E-state index contributed by atoms with van der Waals surface area (Å²) in [6.07, 6.45) is 4.87. The summed E-state index contributed by atoms with van der Waals surface area (Å²) in [7, 11) is 0. The number of hydrogen-bond acceptors (Lipinski definition) is 5. The zero-order valence-electron chi connectivity index (χ0n) is 18.5. The Morgan fingerprint density at radius 3 is 2.59 bits per heavy atom. The normalized spacial score (nSPS) is 13.6. The molecule has 7 heteroatoms. The van der Waals surface area contributed by atoms with Gasteiger partial charge in [0.15, 0.2) is 0 Å². The van der Waals surface area contributed by atoms with Crippen LogP contribution in [0.3, 0.4) is 0 Å². The first kappa shape index (κ1) is 23.6. The van der Waals surface area contributed by atoms with Crippen molar-refractivity contribution >= 4 is 17.6 Å². The van der Waals surface area contributed by atoms with Crippen LogP contribution in [-0.4, -0.2) is 31.1 Å². The molecule has 1 aliphatic carbocycles. The second kappa shape index (κ2) is 12.1. The number of rotatable bonds is 11. The molecule has 2 aromatic rings. The molecule has 172 valence electrons. The Morgan fingerprint density at radius 1 is 1.12 bits per heavy atom. The van der Waals surface area contributed by atoms with E-state index in [-0.39, 0.29) is 42.3 Å². The van der Waals surface area contributed by atoms with E-state index in [1.165, 1.54) is 12.1 Å². The highest BCUT2D eigenvalue weighted by molar-refractivity contribution is 6.02. The van der Waals surface area contributed by atoms with Crippen LogP contribution in [0.4, 0.5) is 10.1 Å². The van der Waals surface area contributed by atoms with Gasteiger partial charge < -0.3 is 20.1 Å². The van der Waals surface area contributed by atoms with E-state index in [1.807, 2.05) is 30.3 Å². The maximum absolute atomic E-state index is 14.4. The topological polar surface area (TPSA) is 76.7 Å². The van der Waals surface area contributed by atoms with Crippen LogP contribution in [0.5, 0.6) is 5.75 Å². The third-order valence-electron chi connectivity index (χ3n) is 5.39. The van der Waals surface area contributed by atoms with Gasteiger partial charge in [0, 0.05) is 25.1 Å². The van der Waals surface area contributed by atoms with E-state index in [0.717, 1.165) is 31.2 Å². The molecule has 0 heterocycles. The van der Waals surface area contributed by atoms with Gasteiger partial charge >= 0.3 is 5.97 Å². The number of benzene rings is 2. The van der Waals surface area contributed by atoms with Crippen molar-refractivity contribution in [3.8, 4) is 5.75 Å². The molecule has 1 amide bonds. The minimum atomic E-state index is -0.465. The number of nitrogens with one attached hydrogen (secondary N) is 2. The van der Waals surface area contributed by atoms with Crippen molar-refractivity contribution in [2.24, 2.45) is 0 Å². The van der Waals surface area contributed by atoms with Crippen LogP contribution < -0.4 is 15.4 Å². The fraction of sp³-hybridized carbons (Fsp3) is 0.440. The number of amides is 1. The smallest absolute Gasteiger partial charge is 0.305 e. The van der Waals surface area contributed by atoms with E-state index < -0.39 is 5.82 Å². The second-order valence-electron chi connectivity index (χ2n) is 7.89. The van der Waals surface area contributed by atoms with Crippen molar-refractivity contribution in [2.45, 2.75) is 58.1 Å². The van der Waals surface area contributed by atoms with Gasteiger partial charge in [0.05, 0.1) is 12.3 Å². The van der Waals surface area contributed by atoms with Gasteiger partial charge in [-0.05, 0) is 37.8 Å². The number of hydrogen-bond donors (Lipinski definition) is 2. The number of carbonyl (C=O) groups is 2. The lowest BCUT2D eigenvalue weighted by Crippen LogP contribution is -2.28. The standard InChI is InChI=1S/C25H31FN2O4/c1-2-31-23(29)13-8-14-27-25(30)24-21(28-20-11-6-7-12-20)15-19(26)16-22(24)32-17-18-9-4-3-5-10-18/h3-5,9-10,15-16,20,28H,2,6-8,11-14,17H2,1H3,(H,27,30). The maximum atomic E-state index is 14.4. The van der Waals surface area contributed by atoms with Crippen molar-refractivity contribution in [1.82, 2.24) is 5.32 Å². The number of carbonyl (C=O) groups excluding carboxylic acids is 2. The maximum Gasteiger partial charge on any atom is 0.305 e. The van der Waals surface area contributed by atoms with Gasteiger partial charge in [-0.25, -0.2) is 4.39 Å². The zero-order valence-corrected chi connectivity index (χ0v) is 18.5. The van der Waals surface area contributed by atoms with Crippen LogP contribution in [0, 0.1) is 5.82 Å². The average Bonchev–Trinajstić information content (AvgIpc) is 3.29. The van der Waals surface area contributed by atoms with Crippen LogP contribution in [0.2, 0.25) is 0 Å². The molecule has 1 aliphatic rings. The van der Waals surface area contributed by atoms with E-state index in [9.17, 15) is 14.0 Å². The minimum Gasteiger partial charge on any atom is -0.488 e. The van der Waals surface area contributed by atoms with Crippen molar-refractivity contribution in [3.63, 3.8) is 0 Å². The lowest BCUT2D eigenvalue weighted by Gasteiger charge is -2.20. The monoisotopic (exact) mass is 442 g/mol. The summed E-state index contributed by atoms with van der Waals surface area (Å²) in [5.74, 6) is -0.930. The SMILES string of the molecule is CCOC(=O)CCCNC(=O)c1c(NC2CCCC2)cc(F)cc1OCc1ccccc1. The van der Waals surface area contributed by atoms with E-state index in [2.05, 4.69) is 10.6 Å². The molecule has 1 fully saturated rings. The summed E-state index contributed by atoms with van der Waals surface area (Å²) in [5, 5.41) is 6.17. The molecule has 0 unspecified atom stereocenters. The summed E-state index contributed by atoms with van der Waals surface area (Å²) in [5.41, 5.74) is 1.64. The molecule has 0 aliphatic heterocycles. The molecule has 2 N–H and O–H groups in total. The van der Waals surface area contributed by atoms with E-state index in [1.54, 1.807) is 6.92 Å². The molecule has 0 aromatic heterocycles. The van der Waals surface area contributed by atoms with Crippen LogP contribution in [-0.2, 0) is 16.1 Å². The van der Waals surface area contributed by atoms with Crippen LogP contribution in [0.1, 0.15) is 61.4 Å². The number of anilines is 1. The first-order valence-electron chi connectivity index (χ1n) is 11.3. The van der Waals surface area contributed by atoms with Gasteiger partial charge in [-0.3, -0.25) is 9.59 Å². The molecule has 0 bridgehead atoms. The van der Waals surface area contributed by atoms with Crippen LogP contribution >= 0.6 is 0 Å². The van der Waals surface area contributed by atoms with Gasteiger partial charge in [-0.15, -0.1) is 0 Å². The largest absolute Gasteiger partial charge is 0.488 e. The molecule has 0 saturated heterocycles. The van der Waals surface area contributed by atoms with Crippen molar-refractivity contribution in [1.29, 1.82) is 0 Å². The molecule has 2 aromatic carbocycles. The first-order chi connectivity index (χ1) is 15.6. The Balaban J connectivity index is 1.75. The summed E-state index contributed by atoms with van der Waals surface area (Å²) >= 11 is 0. The quantitative estimate of drug-likeness (QED) is 0.385. The zero-order chi connectivity index (χ0) is 22.8. The predicted molar refractivity (Wildman–Crippen MR) is 121 cm³/mol. The Labute approximate surface area is 188 Å². The Kier molecular flexibility index (Phi) is 8.90. The van der Waals surface area contributed by atoms with Gasteiger partial charge in [-0.2, -0.15) is 0 Å². The fourth-order valence-electron chi connectivity index (χ4n) is 3.83. The minimum absolute atomic E-state index is 0.192. The van der Waals surface area contributed by atoms with Crippen molar-refractivity contribution in [2.75, 3.05) is 18.5 Å². The molecule has 1 saturated carbocycles. The molecule has 3 rings (SSSR count). The van der Waals surface area contributed by atoms with E-state index in [4.69, 9.17) is 9.47 Å². The highest BCUT2D eigenvalue weighted by Gasteiger charge is 2.23. The molecule has 32 heavy (non-hydrogen) atoms. The number of esters is 1. The third-order valence-corrected chi connectivity index (χ3v) is 5.39. The lowest BCUT2D eigenvalue weighted by atomic mass is 10.1. The summed E-state index contributed by atoms with van der Waals surface area (Å²) in [6.45, 7) is 2.61. The van der Waals surface area contributed by atoms with Gasteiger partial charge in [0.1, 0.15) is 23.7 Å². The Bertz CT molecular complexity index is 898. The van der Waals surface area contributed by atoms with Crippen LogP contribution in [0.15, 0.2) is 42.5 Å². The average molecular weight is 443 g/mol. The Morgan fingerprint density at radius 2 is 1.88 bits per heavy atom. The van der Waals surface area contributed by atoms with Crippen molar-refractivity contribution < 1.29 is 23.5 Å². The molecule has 0 radical (unpaired) electrons. The molecular formula is C25H31FN2O4. The molecule has 0 atom stereocenters. The van der Waals surface area contributed by atoms with Crippen LogP contribution in [0.25, 0.3) is 0 Å². The first-order valence-corrected chi connectivity index (χ1v) is 11.3. The fourth-order valence-corrected chi connectivity index (χ4v) is 3.83. The number of halogens is 1. The molecule has 6 nitrogen and oxygen atoms in total. The van der Waals surface area contributed by atoms with E-state index >= 15 is 0 Å². The lowest BCUT2D eigenvalue weighted by molar-refractivity contribution is -0.143. The number of ether oxygens (including phenoxy) is 2. The van der Waals surface area contributed by atoms with Gasteiger partial charge in [0.25, 0.3) is 5.91 Å². The third kappa shape index (κ3) is 6.97. The molecular weight excluding hydrogens is 411 g/mol. The van der Waals surface area contributed by atoms with Gasteiger partial charge in [0.2, 0.25) is 0 Å². The summed E-state index contributed by atoms with van der Waals surface area (Å²) < 4.78 is 25.2. The summed E-state index contributed by atoms with van der Waals surface area (Å²) in [6, 6.07) is 12.3. The Hall–Kier alpha value is -3.09. The highest BCUT2D eigenvalue weighted by Crippen LogP contribution is 2.32.